The minimum absolute atomic E-state index is 0.114. The highest BCUT2D eigenvalue weighted by molar-refractivity contribution is 5.95. The second kappa shape index (κ2) is 4.63. The van der Waals surface area contributed by atoms with Gasteiger partial charge in [-0.05, 0) is 19.1 Å². The van der Waals surface area contributed by atoms with Crippen LogP contribution in [-0.4, -0.2) is 41.2 Å². The van der Waals surface area contributed by atoms with Gasteiger partial charge in [0.2, 0.25) is 0 Å². The van der Waals surface area contributed by atoms with E-state index < -0.39 is 0 Å². The van der Waals surface area contributed by atoms with Crippen LogP contribution in [0, 0.1) is 11.3 Å². The lowest BCUT2D eigenvalue weighted by atomic mass is 9.97. The number of hydrogen-bond acceptors (Lipinski definition) is 5. The van der Waals surface area contributed by atoms with Gasteiger partial charge in [0.25, 0.3) is 5.91 Å². The molecule has 6 heteroatoms. The number of rotatable bonds is 2. The Morgan fingerprint density at radius 2 is 2.40 bits per heavy atom. The summed E-state index contributed by atoms with van der Waals surface area (Å²) < 4.78 is 5.58. The SMILES string of the molecule is C/C=C1/OC2CN(C(=O)c3cc(N)c(C=N)cn3)CC12. The summed E-state index contributed by atoms with van der Waals surface area (Å²) in [6.45, 7) is 3.19. The predicted octanol–water partition coefficient (Wildman–Crippen LogP) is 1.04. The molecular formula is C14H16N4O2. The first-order chi connectivity index (χ1) is 9.63. The number of nitrogens with one attached hydrogen (secondary N) is 1. The minimum Gasteiger partial charge on any atom is -0.492 e. The first-order valence-electron chi connectivity index (χ1n) is 6.52. The lowest BCUT2D eigenvalue weighted by molar-refractivity contribution is -0.0105. The fraction of sp³-hybridized carbons (Fsp3) is 0.357. The number of carbonyl (C=O) groups is 1. The molecule has 3 rings (SSSR count). The van der Waals surface area contributed by atoms with Crippen molar-refractivity contribution < 1.29 is 9.53 Å². The number of hydrogen-bond donors (Lipinski definition) is 2. The van der Waals surface area contributed by atoms with Gasteiger partial charge in [-0.1, -0.05) is 0 Å². The lowest BCUT2D eigenvalue weighted by Crippen LogP contribution is -2.35. The van der Waals surface area contributed by atoms with Gasteiger partial charge >= 0.3 is 0 Å². The zero-order chi connectivity index (χ0) is 14.3. The molecule has 0 spiro atoms. The van der Waals surface area contributed by atoms with Gasteiger partial charge in [0.15, 0.2) is 0 Å². The summed E-state index contributed by atoms with van der Waals surface area (Å²) >= 11 is 0. The predicted molar refractivity (Wildman–Crippen MR) is 74.6 cm³/mol. The molecule has 2 fully saturated rings. The number of nitrogens with two attached hydrogens (primary N) is 1. The minimum atomic E-state index is -0.137. The van der Waals surface area contributed by atoms with E-state index in [-0.39, 0.29) is 12.0 Å². The van der Waals surface area contributed by atoms with Crippen LogP contribution < -0.4 is 5.73 Å². The molecule has 0 bridgehead atoms. The molecule has 1 aromatic heterocycles. The third-order valence-electron chi connectivity index (χ3n) is 3.83. The normalized spacial score (nSPS) is 25.9. The van der Waals surface area contributed by atoms with Crippen LogP contribution in [0.3, 0.4) is 0 Å². The van der Waals surface area contributed by atoms with Gasteiger partial charge in [-0.15, -0.1) is 0 Å². The molecule has 2 aliphatic heterocycles. The number of anilines is 1. The Morgan fingerprint density at radius 1 is 1.60 bits per heavy atom. The van der Waals surface area contributed by atoms with E-state index in [9.17, 15) is 4.79 Å². The number of pyridine rings is 1. The molecule has 0 radical (unpaired) electrons. The van der Waals surface area contributed by atoms with E-state index in [2.05, 4.69) is 4.98 Å². The Labute approximate surface area is 116 Å². The summed E-state index contributed by atoms with van der Waals surface area (Å²) in [6.07, 6.45) is 4.64. The molecule has 2 saturated heterocycles. The Kier molecular flexibility index (Phi) is 2.93. The van der Waals surface area contributed by atoms with E-state index in [1.165, 1.54) is 12.3 Å². The van der Waals surface area contributed by atoms with Crippen LogP contribution >= 0.6 is 0 Å². The number of likely N-dealkylation sites (tertiary alicyclic amines) is 1. The van der Waals surface area contributed by atoms with Crippen LogP contribution in [0.2, 0.25) is 0 Å². The maximum Gasteiger partial charge on any atom is 0.272 e. The van der Waals surface area contributed by atoms with Crippen molar-refractivity contribution in [2.75, 3.05) is 18.8 Å². The van der Waals surface area contributed by atoms with Crippen LogP contribution in [-0.2, 0) is 4.74 Å². The van der Waals surface area contributed by atoms with E-state index in [1.54, 1.807) is 4.90 Å². The monoisotopic (exact) mass is 272 g/mol. The zero-order valence-corrected chi connectivity index (χ0v) is 11.2. The van der Waals surface area contributed by atoms with Crippen LogP contribution in [0.15, 0.2) is 24.1 Å². The van der Waals surface area contributed by atoms with Crippen molar-refractivity contribution in [3.8, 4) is 0 Å². The number of fused-ring (bicyclic) bond motifs is 1. The maximum atomic E-state index is 12.4. The molecule has 2 aliphatic rings. The van der Waals surface area contributed by atoms with Crippen molar-refractivity contribution in [3.63, 3.8) is 0 Å². The molecule has 104 valence electrons. The summed E-state index contributed by atoms with van der Waals surface area (Å²) in [5.41, 5.74) is 7.01. The van der Waals surface area contributed by atoms with Gasteiger partial charge in [0.1, 0.15) is 17.6 Å². The molecule has 1 aromatic rings. The number of allylic oxidation sites excluding steroid dienone is 1. The number of aromatic nitrogens is 1. The fourth-order valence-corrected chi connectivity index (χ4v) is 2.69. The molecule has 2 atom stereocenters. The number of carbonyl (C=O) groups excluding carboxylic acids is 1. The maximum absolute atomic E-state index is 12.4. The molecule has 3 heterocycles. The summed E-state index contributed by atoms with van der Waals surface area (Å²) in [4.78, 5) is 18.2. The second-order valence-electron chi connectivity index (χ2n) is 5.01. The highest BCUT2D eigenvalue weighted by Gasteiger charge is 2.47. The second-order valence-corrected chi connectivity index (χ2v) is 5.01. The van der Waals surface area contributed by atoms with Gasteiger partial charge in [-0.3, -0.25) is 9.78 Å². The third-order valence-corrected chi connectivity index (χ3v) is 3.83. The average molecular weight is 272 g/mol. The Balaban J connectivity index is 1.77. The van der Waals surface area contributed by atoms with Crippen molar-refractivity contribution in [1.29, 1.82) is 5.41 Å². The Bertz CT molecular complexity index is 611. The highest BCUT2D eigenvalue weighted by Crippen LogP contribution is 2.38. The molecule has 3 N–H and O–H groups in total. The molecule has 6 nitrogen and oxygen atoms in total. The third kappa shape index (κ3) is 1.84. The number of amides is 1. The van der Waals surface area contributed by atoms with E-state index in [1.807, 2.05) is 13.0 Å². The van der Waals surface area contributed by atoms with E-state index in [0.717, 1.165) is 12.0 Å². The van der Waals surface area contributed by atoms with Crippen LogP contribution in [0.25, 0.3) is 0 Å². The standard InChI is InChI=1S/C14H16N4O2/c1-2-12-9-6-18(7-13(9)20-12)14(19)11-3-10(16)8(4-15)5-17-11/h2-5,9,13,15H,6-7H2,1H3,(H2,16,17)/b12-2+,15-4?. The summed E-state index contributed by atoms with van der Waals surface area (Å²) in [6, 6.07) is 1.53. The first kappa shape index (κ1) is 12.7. The quantitative estimate of drug-likeness (QED) is 0.787. The van der Waals surface area contributed by atoms with Crippen molar-refractivity contribution in [2.24, 2.45) is 5.92 Å². The van der Waals surface area contributed by atoms with E-state index in [0.29, 0.717) is 36.0 Å². The molecule has 20 heavy (non-hydrogen) atoms. The summed E-state index contributed by atoms with van der Waals surface area (Å²) in [5, 5.41) is 7.17. The van der Waals surface area contributed by atoms with E-state index in [4.69, 9.17) is 15.9 Å². The van der Waals surface area contributed by atoms with Gasteiger partial charge in [-0.25, -0.2) is 0 Å². The molecule has 1 amide bonds. The smallest absolute Gasteiger partial charge is 0.272 e. The van der Waals surface area contributed by atoms with Crippen molar-refractivity contribution in [2.45, 2.75) is 13.0 Å². The van der Waals surface area contributed by atoms with E-state index >= 15 is 0 Å². The topological polar surface area (TPSA) is 92.3 Å². The number of ether oxygens (including phenoxy) is 1. The van der Waals surface area contributed by atoms with Crippen molar-refractivity contribution in [1.82, 2.24) is 9.88 Å². The van der Waals surface area contributed by atoms with Crippen molar-refractivity contribution in [3.05, 3.63) is 35.4 Å². The van der Waals surface area contributed by atoms with Crippen LogP contribution in [0.4, 0.5) is 5.69 Å². The first-order valence-corrected chi connectivity index (χ1v) is 6.52. The number of nitrogens with zero attached hydrogens (tertiary/aromatic N) is 2. The number of nitrogen functional groups attached to an aromatic ring is 1. The highest BCUT2D eigenvalue weighted by atomic mass is 16.5. The molecule has 0 saturated carbocycles. The molecule has 0 aliphatic carbocycles. The zero-order valence-electron chi connectivity index (χ0n) is 11.2. The van der Waals surface area contributed by atoms with Gasteiger partial charge in [-0.2, -0.15) is 0 Å². The fourth-order valence-electron chi connectivity index (χ4n) is 2.69. The van der Waals surface area contributed by atoms with Crippen LogP contribution in [0.1, 0.15) is 23.0 Å². The average Bonchev–Trinajstić information content (AvgIpc) is 2.76. The summed E-state index contributed by atoms with van der Waals surface area (Å²) in [7, 11) is 0. The van der Waals surface area contributed by atoms with Gasteiger partial charge < -0.3 is 20.8 Å². The van der Waals surface area contributed by atoms with Crippen molar-refractivity contribution >= 4 is 17.8 Å². The Hall–Kier alpha value is -2.37. The Morgan fingerprint density at radius 3 is 3.05 bits per heavy atom. The van der Waals surface area contributed by atoms with Gasteiger partial charge in [0.05, 0.1) is 12.5 Å². The van der Waals surface area contributed by atoms with Gasteiger partial charge in [0, 0.05) is 30.2 Å². The van der Waals surface area contributed by atoms with Crippen LogP contribution in [0.5, 0.6) is 0 Å². The summed E-state index contributed by atoms with van der Waals surface area (Å²) in [5.74, 6) is 1.15. The lowest BCUT2D eigenvalue weighted by Gasteiger charge is -2.33. The molecule has 2 unspecified atom stereocenters. The molecule has 0 aromatic carbocycles. The largest absolute Gasteiger partial charge is 0.492 e. The molecular weight excluding hydrogens is 256 g/mol.